The Labute approximate surface area is 162 Å². The van der Waals surface area contributed by atoms with Gasteiger partial charge in [0.15, 0.2) is 5.65 Å². The number of pyridine rings is 1. The standard InChI is InChI=1S/C22H19ClN4/c1-14-4-9-20-18(11-14)21(16-3-2-10-24-12-16)26-22-19(13-25-27(20)22)15-5-7-17(23)8-6-15/h2-3,5-8,10,12-14H,4,9,11H2,1H3/t14-/m0/s1. The molecule has 0 fully saturated rings. The molecule has 27 heavy (non-hydrogen) atoms. The van der Waals surface area contributed by atoms with Gasteiger partial charge in [-0.25, -0.2) is 9.50 Å². The van der Waals surface area contributed by atoms with E-state index < -0.39 is 0 Å². The van der Waals surface area contributed by atoms with Crippen LogP contribution in [0.5, 0.6) is 0 Å². The van der Waals surface area contributed by atoms with Crippen molar-refractivity contribution in [3.63, 3.8) is 0 Å². The van der Waals surface area contributed by atoms with Crippen molar-refractivity contribution in [1.82, 2.24) is 19.6 Å². The van der Waals surface area contributed by atoms with Crippen LogP contribution in [0.1, 0.15) is 24.6 Å². The van der Waals surface area contributed by atoms with E-state index in [1.165, 1.54) is 17.7 Å². The van der Waals surface area contributed by atoms with Crippen LogP contribution in [0.25, 0.3) is 28.0 Å². The molecule has 3 heterocycles. The number of hydrogen-bond donors (Lipinski definition) is 0. The van der Waals surface area contributed by atoms with E-state index in [1.807, 2.05) is 47.2 Å². The Bertz CT molecular complexity index is 1120. The summed E-state index contributed by atoms with van der Waals surface area (Å²) in [6, 6.07) is 11.9. The first-order chi connectivity index (χ1) is 13.2. The minimum absolute atomic E-state index is 0.651. The smallest absolute Gasteiger partial charge is 0.163 e. The fraction of sp³-hybridized carbons (Fsp3) is 0.227. The predicted molar refractivity (Wildman–Crippen MR) is 108 cm³/mol. The number of benzene rings is 1. The molecule has 0 saturated carbocycles. The third-order valence-corrected chi connectivity index (χ3v) is 5.62. The average Bonchev–Trinajstić information content (AvgIpc) is 3.12. The van der Waals surface area contributed by atoms with Crippen molar-refractivity contribution in [3.05, 3.63) is 71.3 Å². The number of nitrogens with zero attached hydrogens (tertiary/aromatic N) is 4. The highest BCUT2D eigenvalue weighted by Gasteiger charge is 2.25. The Morgan fingerprint density at radius 1 is 1.07 bits per heavy atom. The summed E-state index contributed by atoms with van der Waals surface area (Å²) < 4.78 is 2.03. The van der Waals surface area contributed by atoms with Crippen molar-refractivity contribution < 1.29 is 0 Å². The van der Waals surface area contributed by atoms with Gasteiger partial charge in [-0.05, 0) is 55.0 Å². The third-order valence-electron chi connectivity index (χ3n) is 5.37. The monoisotopic (exact) mass is 374 g/mol. The lowest BCUT2D eigenvalue weighted by atomic mass is 9.86. The molecule has 5 rings (SSSR count). The van der Waals surface area contributed by atoms with Crippen molar-refractivity contribution in [3.8, 4) is 22.4 Å². The van der Waals surface area contributed by atoms with E-state index in [0.717, 1.165) is 45.9 Å². The summed E-state index contributed by atoms with van der Waals surface area (Å²) >= 11 is 6.06. The van der Waals surface area contributed by atoms with Gasteiger partial charge >= 0.3 is 0 Å². The fourth-order valence-corrected chi connectivity index (χ4v) is 4.09. The molecule has 134 valence electrons. The number of aryl methyl sites for hydroxylation is 1. The number of hydrogen-bond acceptors (Lipinski definition) is 3. The van der Waals surface area contributed by atoms with Crippen molar-refractivity contribution in [2.75, 3.05) is 0 Å². The fourth-order valence-electron chi connectivity index (χ4n) is 3.96. The Kier molecular flexibility index (Phi) is 3.94. The molecular weight excluding hydrogens is 356 g/mol. The minimum Gasteiger partial charge on any atom is -0.264 e. The van der Waals surface area contributed by atoms with E-state index in [-0.39, 0.29) is 0 Å². The van der Waals surface area contributed by atoms with Crippen LogP contribution in [0.4, 0.5) is 0 Å². The number of aromatic nitrogens is 4. The topological polar surface area (TPSA) is 43.1 Å². The second kappa shape index (κ2) is 6.46. The highest BCUT2D eigenvalue weighted by Crippen LogP contribution is 2.35. The molecule has 1 aliphatic carbocycles. The van der Waals surface area contributed by atoms with Gasteiger partial charge in [-0.3, -0.25) is 4.98 Å². The molecule has 0 spiro atoms. The Morgan fingerprint density at radius 2 is 1.93 bits per heavy atom. The van der Waals surface area contributed by atoms with Crippen LogP contribution in [-0.4, -0.2) is 19.6 Å². The van der Waals surface area contributed by atoms with Gasteiger partial charge in [0.1, 0.15) is 0 Å². The molecular formula is C22H19ClN4. The quantitative estimate of drug-likeness (QED) is 0.482. The highest BCUT2D eigenvalue weighted by molar-refractivity contribution is 6.30. The number of halogens is 1. The van der Waals surface area contributed by atoms with Gasteiger partial charge in [-0.1, -0.05) is 30.7 Å². The molecule has 4 aromatic rings. The molecule has 1 aliphatic rings. The van der Waals surface area contributed by atoms with Crippen LogP contribution < -0.4 is 0 Å². The maximum Gasteiger partial charge on any atom is 0.163 e. The molecule has 1 aromatic carbocycles. The summed E-state index contributed by atoms with van der Waals surface area (Å²) in [4.78, 5) is 9.39. The average molecular weight is 375 g/mol. The zero-order valence-electron chi connectivity index (χ0n) is 15.1. The summed E-state index contributed by atoms with van der Waals surface area (Å²) in [5.41, 5.74) is 7.67. The Hall–Kier alpha value is -2.72. The van der Waals surface area contributed by atoms with Gasteiger partial charge in [0.25, 0.3) is 0 Å². The summed E-state index contributed by atoms with van der Waals surface area (Å²) in [5.74, 6) is 0.651. The van der Waals surface area contributed by atoms with Crippen molar-refractivity contribution in [1.29, 1.82) is 0 Å². The first-order valence-corrected chi connectivity index (χ1v) is 9.64. The van der Waals surface area contributed by atoms with E-state index in [2.05, 4.69) is 18.0 Å². The summed E-state index contributed by atoms with van der Waals surface area (Å²) in [6.07, 6.45) is 8.83. The third kappa shape index (κ3) is 2.81. The molecule has 4 nitrogen and oxygen atoms in total. The Balaban J connectivity index is 1.79. The summed E-state index contributed by atoms with van der Waals surface area (Å²) in [7, 11) is 0. The van der Waals surface area contributed by atoms with Gasteiger partial charge in [0.05, 0.1) is 11.9 Å². The van der Waals surface area contributed by atoms with E-state index in [0.29, 0.717) is 5.92 Å². The minimum atomic E-state index is 0.651. The molecule has 0 N–H and O–H groups in total. The first kappa shape index (κ1) is 16.5. The SMILES string of the molecule is C[C@H]1CCc2c(c(-c3cccnc3)nc3c(-c4ccc(Cl)cc4)cnn23)C1. The van der Waals surface area contributed by atoms with Crippen LogP contribution in [0.3, 0.4) is 0 Å². The Morgan fingerprint density at radius 3 is 2.70 bits per heavy atom. The van der Waals surface area contributed by atoms with Crippen LogP contribution >= 0.6 is 11.6 Å². The molecule has 0 unspecified atom stereocenters. The van der Waals surface area contributed by atoms with Gasteiger partial charge < -0.3 is 0 Å². The molecule has 0 bridgehead atoms. The van der Waals surface area contributed by atoms with Crippen molar-refractivity contribution in [2.45, 2.75) is 26.2 Å². The van der Waals surface area contributed by atoms with Gasteiger partial charge in [0.2, 0.25) is 0 Å². The maximum absolute atomic E-state index is 6.06. The largest absolute Gasteiger partial charge is 0.264 e. The highest BCUT2D eigenvalue weighted by atomic mass is 35.5. The molecule has 3 aromatic heterocycles. The number of fused-ring (bicyclic) bond motifs is 3. The zero-order chi connectivity index (χ0) is 18.4. The number of rotatable bonds is 2. The molecule has 0 radical (unpaired) electrons. The molecule has 0 aliphatic heterocycles. The second-order valence-corrected chi connectivity index (χ2v) is 7.71. The van der Waals surface area contributed by atoms with E-state index >= 15 is 0 Å². The predicted octanol–water partition coefficient (Wildman–Crippen LogP) is 5.24. The molecule has 0 amide bonds. The van der Waals surface area contributed by atoms with Gasteiger partial charge in [-0.15, -0.1) is 0 Å². The lowest BCUT2D eigenvalue weighted by molar-refractivity contribution is 0.486. The van der Waals surface area contributed by atoms with Crippen molar-refractivity contribution in [2.24, 2.45) is 5.92 Å². The van der Waals surface area contributed by atoms with Crippen LogP contribution in [0.15, 0.2) is 55.0 Å². The molecule has 0 saturated heterocycles. The lowest BCUT2D eigenvalue weighted by Crippen LogP contribution is -2.18. The van der Waals surface area contributed by atoms with Gasteiger partial charge in [-0.2, -0.15) is 5.10 Å². The van der Waals surface area contributed by atoms with Crippen LogP contribution in [0, 0.1) is 5.92 Å². The normalized spacial score (nSPS) is 16.4. The van der Waals surface area contributed by atoms with Crippen molar-refractivity contribution >= 4 is 17.2 Å². The van der Waals surface area contributed by atoms with Gasteiger partial charge in [0, 0.05) is 39.8 Å². The molecule has 1 atom stereocenters. The summed E-state index contributed by atoms with van der Waals surface area (Å²) in [5, 5.41) is 5.42. The molecule has 5 heteroatoms. The first-order valence-electron chi connectivity index (χ1n) is 9.26. The van der Waals surface area contributed by atoms with Crippen LogP contribution in [0.2, 0.25) is 5.02 Å². The van der Waals surface area contributed by atoms with E-state index in [4.69, 9.17) is 21.7 Å². The zero-order valence-corrected chi connectivity index (χ0v) is 15.8. The van der Waals surface area contributed by atoms with E-state index in [9.17, 15) is 0 Å². The lowest BCUT2D eigenvalue weighted by Gasteiger charge is -2.24. The van der Waals surface area contributed by atoms with E-state index in [1.54, 1.807) is 6.20 Å². The maximum atomic E-state index is 6.06. The van der Waals surface area contributed by atoms with Crippen LogP contribution in [-0.2, 0) is 12.8 Å². The second-order valence-electron chi connectivity index (χ2n) is 7.28. The summed E-state index contributed by atoms with van der Waals surface area (Å²) in [6.45, 7) is 2.31.